The number of ether oxygens (including phenoxy) is 2. The van der Waals surface area contributed by atoms with Crippen LogP contribution in [0.3, 0.4) is 0 Å². The van der Waals surface area contributed by atoms with Crippen molar-refractivity contribution in [2.75, 3.05) is 26.9 Å². The van der Waals surface area contributed by atoms with Crippen molar-refractivity contribution in [3.8, 4) is 5.75 Å². The van der Waals surface area contributed by atoms with E-state index in [1.165, 1.54) is 31.2 Å². The second-order valence-electron chi connectivity index (χ2n) is 6.08. The van der Waals surface area contributed by atoms with Crippen LogP contribution in [0.2, 0.25) is 0 Å². The zero-order valence-corrected chi connectivity index (χ0v) is 12.3. The monoisotopic (exact) mass is 275 g/mol. The third-order valence-corrected chi connectivity index (χ3v) is 4.45. The van der Waals surface area contributed by atoms with E-state index in [9.17, 15) is 0 Å². The summed E-state index contributed by atoms with van der Waals surface area (Å²) in [6, 6.07) is 9.04. The highest BCUT2D eigenvalue weighted by Gasteiger charge is 2.31. The molecule has 3 heteroatoms. The van der Waals surface area contributed by atoms with Crippen LogP contribution in [-0.4, -0.2) is 32.9 Å². The molecular weight excluding hydrogens is 250 g/mol. The number of benzene rings is 1. The van der Waals surface area contributed by atoms with Gasteiger partial charge in [0.25, 0.3) is 0 Å². The van der Waals surface area contributed by atoms with Crippen LogP contribution >= 0.6 is 0 Å². The van der Waals surface area contributed by atoms with Gasteiger partial charge < -0.3 is 14.8 Å². The smallest absolute Gasteiger partial charge is 0.122 e. The molecule has 0 bridgehead atoms. The van der Waals surface area contributed by atoms with Gasteiger partial charge in [0.05, 0.1) is 13.7 Å². The largest absolute Gasteiger partial charge is 0.496 e. The second kappa shape index (κ2) is 6.59. The lowest BCUT2D eigenvalue weighted by atomic mass is 9.75. The molecule has 0 radical (unpaired) electrons. The summed E-state index contributed by atoms with van der Waals surface area (Å²) in [5, 5.41) is 3.58. The summed E-state index contributed by atoms with van der Waals surface area (Å²) in [5.41, 5.74) is 1.36. The highest BCUT2D eigenvalue weighted by molar-refractivity contribution is 5.37. The first-order valence-corrected chi connectivity index (χ1v) is 7.81. The Labute approximate surface area is 121 Å². The SMILES string of the molecule is COc1ccccc1C1CC(NCCOCC2CC2)C1. The van der Waals surface area contributed by atoms with Gasteiger partial charge >= 0.3 is 0 Å². The molecule has 0 saturated heterocycles. The van der Waals surface area contributed by atoms with Crippen LogP contribution in [0.15, 0.2) is 24.3 Å². The summed E-state index contributed by atoms with van der Waals surface area (Å²) >= 11 is 0. The highest BCUT2D eigenvalue weighted by atomic mass is 16.5. The van der Waals surface area contributed by atoms with E-state index in [1.54, 1.807) is 7.11 Å². The van der Waals surface area contributed by atoms with Crippen molar-refractivity contribution in [1.29, 1.82) is 0 Å². The van der Waals surface area contributed by atoms with Crippen molar-refractivity contribution in [3.05, 3.63) is 29.8 Å². The molecule has 2 saturated carbocycles. The molecule has 0 heterocycles. The van der Waals surface area contributed by atoms with Gasteiger partial charge in [-0.2, -0.15) is 0 Å². The molecule has 2 aliphatic rings. The van der Waals surface area contributed by atoms with E-state index < -0.39 is 0 Å². The van der Waals surface area contributed by atoms with Gasteiger partial charge in [-0.15, -0.1) is 0 Å². The molecule has 0 unspecified atom stereocenters. The average molecular weight is 275 g/mol. The second-order valence-corrected chi connectivity index (χ2v) is 6.08. The molecule has 20 heavy (non-hydrogen) atoms. The Kier molecular flexibility index (Phi) is 4.58. The molecule has 0 spiro atoms. The van der Waals surface area contributed by atoms with Gasteiger partial charge in [0.2, 0.25) is 0 Å². The Morgan fingerprint density at radius 1 is 1.20 bits per heavy atom. The van der Waals surface area contributed by atoms with Crippen LogP contribution in [0.1, 0.15) is 37.2 Å². The van der Waals surface area contributed by atoms with Gasteiger partial charge in [-0.25, -0.2) is 0 Å². The van der Waals surface area contributed by atoms with Gasteiger partial charge in [0.15, 0.2) is 0 Å². The zero-order chi connectivity index (χ0) is 13.8. The summed E-state index contributed by atoms with van der Waals surface area (Å²) in [7, 11) is 1.75. The molecule has 2 fully saturated rings. The van der Waals surface area contributed by atoms with Crippen LogP contribution < -0.4 is 10.1 Å². The van der Waals surface area contributed by atoms with Gasteiger partial charge in [-0.1, -0.05) is 18.2 Å². The number of para-hydroxylation sites is 1. The van der Waals surface area contributed by atoms with Crippen LogP contribution in [0.25, 0.3) is 0 Å². The van der Waals surface area contributed by atoms with Gasteiger partial charge in [-0.05, 0) is 49.1 Å². The number of hydrogen-bond donors (Lipinski definition) is 1. The first-order chi connectivity index (χ1) is 9.86. The van der Waals surface area contributed by atoms with Crippen molar-refractivity contribution < 1.29 is 9.47 Å². The first-order valence-electron chi connectivity index (χ1n) is 7.81. The molecule has 3 rings (SSSR count). The van der Waals surface area contributed by atoms with E-state index in [0.29, 0.717) is 12.0 Å². The van der Waals surface area contributed by atoms with E-state index in [4.69, 9.17) is 9.47 Å². The summed E-state index contributed by atoms with van der Waals surface area (Å²) in [6.45, 7) is 2.80. The van der Waals surface area contributed by atoms with Crippen molar-refractivity contribution >= 4 is 0 Å². The van der Waals surface area contributed by atoms with Crippen LogP contribution in [0, 0.1) is 5.92 Å². The fraction of sp³-hybridized carbons (Fsp3) is 0.647. The average Bonchev–Trinajstić information content (AvgIpc) is 3.25. The molecule has 1 aromatic carbocycles. The van der Waals surface area contributed by atoms with E-state index in [2.05, 4.69) is 23.5 Å². The highest BCUT2D eigenvalue weighted by Crippen LogP contribution is 2.40. The molecule has 2 aliphatic carbocycles. The lowest BCUT2D eigenvalue weighted by molar-refractivity contribution is 0.119. The maximum atomic E-state index is 5.64. The number of hydrogen-bond acceptors (Lipinski definition) is 3. The first kappa shape index (κ1) is 13.9. The Morgan fingerprint density at radius 2 is 2.00 bits per heavy atom. The minimum Gasteiger partial charge on any atom is -0.496 e. The number of nitrogens with one attached hydrogen (secondary N) is 1. The van der Waals surface area contributed by atoms with Crippen molar-refractivity contribution in [2.24, 2.45) is 5.92 Å². The Bertz CT molecular complexity index is 425. The van der Waals surface area contributed by atoms with E-state index in [0.717, 1.165) is 31.4 Å². The van der Waals surface area contributed by atoms with Gasteiger partial charge in [-0.3, -0.25) is 0 Å². The predicted molar refractivity (Wildman–Crippen MR) is 80.3 cm³/mol. The minimum absolute atomic E-state index is 0.648. The number of rotatable bonds is 8. The van der Waals surface area contributed by atoms with Gasteiger partial charge in [0, 0.05) is 19.2 Å². The van der Waals surface area contributed by atoms with Gasteiger partial charge in [0.1, 0.15) is 5.75 Å². The lowest BCUT2D eigenvalue weighted by Crippen LogP contribution is -2.41. The summed E-state index contributed by atoms with van der Waals surface area (Å²) in [4.78, 5) is 0. The lowest BCUT2D eigenvalue weighted by Gasteiger charge is -2.37. The van der Waals surface area contributed by atoms with Crippen LogP contribution in [0.5, 0.6) is 5.75 Å². The summed E-state index contributed by atoms with van der Waals surface area (Å²) in [6.07, 6.45) is 5.17. The predicted octanol–water partition coefficient (Wildman–Crippen LogP) is 2.96. The molecular formula is C17H25NO2. The van der Waals surface area contributed by atoms with Crippen molar-refractivity contribution in [1.82, 2.24) is 5.32 Å². The Hall–Kier alpha value is -1.06. The molecule has 0 atom stereocenters. The molecule has 1 N–H and O–H groups in total. The van der Waals surface area contributed by atoms with E-state index >= 15 is 0 Å². The topological polar surface area (TPSA) is 30.5 Å². The van der Waals surface area contributed by atoms with Crippen LogP contribution in [0.4, 0.5) is 0 Å². The third kappa shape index (κ3) is 3.53. The summed E-state index contributed by atoms with van der Waals surface area (Å²) in [5.74, 6) is 2.55. The summed E-state index contributed by atoms with van der Waals surface area (Å²) < 4.78 is 11.1. The van der Waals surface area contributed by atoms with E-state index in [1.807, 2.05) is 6.07 Å². The molecule has 110 valence electrons. The Balaban J connectivity index is 1.33. The molecule has 0 aliphatic heterocycles. The standard InChI is InChI=1S/C17H25NO2/c1-19-17-5-3-2-4-16(17)14-10-15(11-14)18-8-9-20-12-13-6-7-13/h2-5,13-15,18H,6-12H2,1H3. The molecule has 0 amide bonds. The Morgan fingerprint density at radius 3 is 2.75 bits per heavy atom. The van der Waals surface area contributed by atoms with Crippen LogP contribution in [-0.2, 0) is 4.74 Å². The fourth-order valence-electron chi connectivity index (χ4n) is 2.91. The molecule has 0 aromatic heterocycles. The number of methoxy groups -OCH3 is 1. The molecule has 3 nitrogen and oxygen atoms in total. The quantitative estimate of drug-likeness (QED) is 0.740. The minimum atomic E-state index is 0.648. The van der Waals surface area contributed by atoms with E-state index in [-0.39, 0.29) is 0 Å². The third-order valence-electron chi connectivity index (χ3n) is 4.45. The van der Waals surface area contributed by atoms with Crippen molar-refractivity contribution in [2.45, 2.75) is 37.6 Å². The van der Waals surface area contributed by atoms with Crippen molar-refractivity contribution in [3.63, 3.8) is 0 Å². The maximum absolute atomic E-state index is 5.64. The molecule has 1 aromatic rings. The zero-order valence-electron chi connectivity index (χ0n) is 12.3. The normalized spacial score (nSPS) is 25.2. The fourth-order valence-corrected chi connectivity index (χ4v) is 2.91. The maximum Gasteiger partial charge on any atom is 0.122 e.